The standard InChI is InChI=1S/C19H15FN4O3S/c1-11-2-8-14(9-3-11)24-18(27)15(17(26)22-19(24)28)10-21-23-16(25)12-4-6-13(20)7-5-12/h2-10,15H,1H3,(H,23,25)(H,22,26,28)/b21-10+/t15-/m0/s1. The number of anilines is 1. The summed E-state index contributed by atoms with van der Waals surface area (Å²) in [6, 6.07) is 11.9. The fourth-order valence-corrected chi connectivity index (χ4v) is 2.79. The third-order valence-electron chi connectivity index (χ3n) is 3.99. The molecule has 0 radical (unpaired) electrons. The average Bonchev–Trinajstić information content (AvgIpc) is 2.66. The maximum atomic E-state index is 12.9. The van der Waals surface area contributed by atoms with Crippen molar-refractivity contribution in [3.05, 3.63) is 65.5 Å². The van der Waals surface area contributed by atoms with E-state index in [2.05, 4.69) is 15.8 Å². The molecule has 7 nitrogen and oxygen atoms in total. The molecule has 1 fully saturated rings. The van der Waals surface area contributed by atoms with E-state index in [0.717, 1.165) is 23.9 Å². The van der Waals surface area contributed by atoms with Gasteiger partial charge in [-0.3, -0.25) is 19.3 Å². The summed E-state index contributed by atoms with van der Waals surface area (Å²) in [4.78, 5) is 38.1. The molecule has 1 heterocycles. The smallest absolute Gasteiger partial charge is 0.271 e. The van der Waals surface area contributed by atoms with E-state index in [1.165, 1.54) is 17.0 Å². The van der Waals surface area contributed by atoms with Gasteiger partial charge in [-0.1, -0.05) is 17.7 Å². The van der Waals surface area contributed by atoms with Crippen molar-refractivity contribution in [3.8, 4) is 0 Å². The van der Waals surface area contributed by atoms with Crippen molar-refractivity contribution in [1.29, 1.82) is 0 Å². The first kappa shape index (κ1) is 19.3. The van der Waals surface area contributed by atoms with Gasteiger partial charge in [-0.2, -0.15) is 5.10 Å². The maximum absolute atomic E-state index is 12.9. The van der Waals surface area contributed by atoms with Crippen LogP contribution in [0.3, 0.4) is 0 Å². The van der Waals surface area contributed by atoms with E-state index < -0.39 is 29.5 Å². The Morgan fingerprint density at radius 2 is 1.82 bits per heavy atom. The van der Waals surface area contributed by atoms with E-state index in [4.69, 9.17) is 12.2 Å². The van der Waals surface area contributed by atoms with E-state index in [0.29, 0.717) is 5.69 Å². The van der Waals surface area contributed by atoms with Crippen LogP contribution < -0.4 is 15.6 Å². The molecular formula is C19H15FN4O3S. The summed E-state index contributed by atoms with van der Waals surface area (Å²) in [6.07, 6.45) is 1.03. The summed E-state index contributed by atoms with van der Waals surface area (Å²) in [5.74, 6) is -3.57. The van der Waals surface area contributed by atoms with Gasteiger partial charge in [-0.15, -0.1) is 0 Å². The fraction of sp³-hybridized carbons (Fsp3) is 0.105. The van der Waals surface area contributed by atoms with Crippen LogP contribution in [0.25, 0.3) is 0 Å². The number of hydrogen-bond donors (Lipinski definition) is 2. The average molecular weight is 398 g/mol. The van der Waals surface area contributed by atoms with Crippen molar-refractivity contribution in [2.24, 2.45) is 11.0 Å². The van der Waals surface area contributed by atoms with Crippen molar-refractivity contribution < 1.29 is 18.8 Å². The lowest BCUT2D eigenvalue weighted by molar-refractivity contribution is -0.130. The van der Waals surface area contributed by atoms with Gasteiger partial charge in [-0.05, 0) is 55.5 Å². The number of nitrogens with one attached hydrogen (secondary N) is 2. The van der Waals surface area contributed by atoms with Gasteiger partial charge in [0.15, 0.2) is 11.0 Å². The minimum absolute atomic E-state index is 0.0288. The number of hydrogen-bond acceptors (Lipinski definition) is 5. The molecule has 0 saturated carbocycles. The SMILES string of the molecule is Cc1ccc(N2C(=O)[C@@H](/C=N/NC(=O)c3ccc(F)cc3)C(=O)NC2=S)cc1. The van der Waals surface area contributed by atoms with Crippen molar-refractivity contribution in [2.75, 3.05) is 4.90 Å². The molecule has 0 aliphatic carbocycles. The summed E-state index contributed by atoms with van der Waals surface area (Å²) in [5, 5.41) is 6.11. The molecule has 3 rings (SSSR count). The highest BCUT2D eigenvalue weighted by Gasteiger charge is 2.38. The minimum atomic E-state index is -1.26. The zero-order valence-corrected chi connectivity index (χ0v) is 15.5. The number of hydrazone groups is 1. The molecule has 1 aliphatic heterocycles. The first-order valence-electron chi connectivity index (χ1n) is 8.21. The predicted octanol–water partition coefficient (Wildman–Crippen LogP) is 1.91. The van der Waals surface area contributed by atoms with Crippen molar-refractivity contribution in [2.45, 2.75) is 6.92 Å². The van der Waals surface area contributed by atoms with Gasteiger partial charge in [0.1, 0.15) is 5.82 Å². The predicted molar refractivity (Wildman–Crippen MR) is 105 cm³/mol. The number of amides is 3. The molecule has 28 heavy (non-hydrogen) atoms. The van der Waals surface area contributed by atoms with Gasteiger partial charge < -0.3 is 5.32 Å². The molecule has 1 atom stereocenters. The van der Waals surface area contributed by atoms with Crippen LogP contribution in [0.15, 0.2) is 53.6 Å². The van der Waals surface area contributed by atoms with Crippen LogP contribution in [0.4, 0.5) is 10.1 Å². The summed E-state index contributed by atoms with van der Waals surface area (Å²) >= 11 is 5.11. The highest BCUT2D eigenvalue weighted by atomic mass is 32.1. The molecule has 1 aliphatic rings. The van der Waals surface area contributed by atoms with Gasteiger partial charge >= 0.3 is 0 Å². The van der Waals surface area contributed by atoms with Gasteiger partial charge in [0, 0.05) is 11.8 Å². The number of thiocarbonyl (C=S) groups is 1. The van der Waals surface area contributed by atoms with Gasteiger partial charge in [0.2, 0.25) is 5.91 Å². The Balaban J connectivity index is 1.74. The lowest BCUT2D eigenvalue weighted by Gasteiger charge is -2.30. The molecule has 2 N–H and O–H groups in total. The summed E-state index contributed by atoms with van der Waals surface area (Å²) in [5.41, 5.74) is 3.90. The van der Waals surface area contributed by atoms with Crippen LogP contribution in [0.1, 0.15) is 15.9 Å². The lowest BCUT2D eigenvalue weighted by atomic mass is 10.1. The Bertz CT molecular complexity index is 974. The van der Waals surface area contributed by atoms with Gasteiger partial charge in [0.05, 0.1) is 5.69 Å². The zero-order valence-electron chi connectivity index (χ0n) is 14.7. The minimum Gasteiger partial charge on any atom is -0.301 e. The maximum Gasteiger partial charge on any atom is 0.271 e. The first-order valence-corrected chi connectivity index (χ1v) is 8.62. The Morgan fingerprint density at radius 3 is 2.46 bits per heavy atom. The topological polar surface area (TPSA) is 90.9 Å². The van der Waals surface area contributed by atoms with Crippen LogP contribution in [-0.4, -0.2) is 29.0 Å². The largest absolute Gasteiger partial charge is 0.301 e. The number of halogens is 1. The summed E-state index contributed by atoms with van der Waals surface area (Å²) in [6.45, 7) is 1.90. The summed E-state index contributed by atoms with van der Waals surface area (Å²) < 4.78 is 12.9. The normalized spacial score (nSPS) is 17.0. The van der Waals surface area contributed by atoms with Crippen LogP contribution in [0, 0.1) is 18.7 Å². The molecule has 9 heteroatoms. The van der Waals surface area contributed by atoms with E-state index in [-0.39, 0.29) is 10.7 Å². The lowest BCUT2D eigenvalue weighted by Crippen LogP contribution is -2.58. The molecular weight excluding hydrogens is 383 g/mol. The van der Waals surface area contributed by atoms with Crippen LogP contribution in [0.2, 0.25) is 0 Å². The molecule has 1 saturated heterocycles. The van der Waals surface area contributed by atoms with Crippen LogP contribution >= 0.6 is 12.2 Å². The third kappa shape index (κ3) is 4.09. The monoisotopic (exact) mass is 398 g/mol. The second-order valence-electron chi connectivity index (χ2n) is 6.01. The van der Waals surface area contributed by atoms with E-state index >= 15 is 0 Å². The van der Waals surface area contributed by atoms with Gasteiger partial charge in [-0.25, -0.2) is 9.82 Å². The number of benzene rings is 2. The third-order valence-corrected chi connectivity index (χ3v) is 4.28. The van der Waals surface area contributed by atoms with E-state index in [9.17, 15) is 18.8 Å². The van der Waals surface area contributed by atoms with E-state index in [1.807, 2.05) is 19.1 Å². The number of aryl methyl sites for hydroxylation is 1. The van der Waals surface area contributed by atoms with Crippen molar-refractivity contribution >= 4 is 47.0 Å². The van der Waals surface area contributed by atoms with Crippen molar-refractivity contribution in [3.63, 3.8) is 0 Å². The van der Waals surface area contributed by atoms with Crippen LogP contribution in [-0.2, 0) is 9.59 Å². The zero-order chi connectivity index (χ0) is 20.3. The van der Waals surface area contributed by atoms with Gasteiger partial charge in [0.25, 0.3) is 11.8 Å². The Morgan fingerprint density at radius 1 is 1.18 bits per heavy atom. The summed E-state index contributed by atoms with van der Waals surface area (Å²) in [7, 11) is 0. The fourth-order valence-electron chi connectivity index (χ4n) is 2.50. The molecule has 3 amide bonds. The highest BCUT2D eigenvalue weighted by molar-refractivity contribution is 7.80. The van der Waals surface area contributed by atoms with Crippen molar-refractivity contribution in [1.82, 2.24) is 10.7 Å². The van der Waals surface area contributed by atoms with E-state index in [1.54, 1.807) is 12.1 Å². The highest BCUT2D eigenvalue weighted by Crippen LogP contribution is 2.20. The quantitative estimate of drug-likeness (QED) is 0.356. The number of rotatable bonds is 4. The first-order chi connectivity index (χ1) is 13.4. The molecule has 0 unspecified atom stereocenters. The number of nitrogens with zero attached hydrogens (tertiary/aromatic N) is 2. The number of carbonyl (C=O) groups is 3. The molecule has 0 bridgehead atoms. The Hall–Kier alpha value is -3.46. The molecule has 2 aromatic carbocycles. The Labute approximate surface area is 165 Å². The second-order valence-corrected chi connectivity index (χ2v) is 6.39. The molecule has 0 aromatic heterocycles. The Kier molecular flexibility index (Phi) is 5.55. The molecule has 0 spiro atoms. The van der Waals surface area contributed by atoms with Crippen LogP contribution in [0.5, 0.6) is 0 Å². The molecule has 2 aromatic rings. The second kappa shape index (κ2) is 8.05. The molecule has 142 valence electrons. The number of carbonyl (C=O) groups excluding carboxylic acids is 3.